The van der Waals surface area contributed by atoms with E-state index in [0.717, 1.165) is 24.5 Å². The molecule has 1 atom stereocenters. The van der Waals surface area contributed by atoms with Gasteiger partial charge in [-0.3, -0.25) is 9.88 Å². The second-order valence-electron chi connectivity index (χ2n) is 5.85. The van der Waals surface area contributed by atoms with Crippen LogP contribution in [-0.4, -0.2) is 39.6 Å². The first-order valence-electron chi connectivity index (χ1n) is 7.27. The number of thioether (sulfide) groups is 1. The molecular weight excluding hydrogens is 300 g/mol. The zero-order chi connectivity index (χ0) is 14.1. The van der Waals surface area contributed by atoms with Crippen molar-refractivity contribution in [2.75, 3.05) is 18.8 Å². The Morgan fingerprint density at radius 3 is 3.05 bits per heavy atom. The average Bonchev–Trinajstić information content (AvgIpc) is 3.10. The first kappa shape index (κ1) is 13.6. The molecule has 2 aromatic heterocycles. The fraction of sp³-hybridized carbons (Fsp3) is 0.438. The maximum Gasteiger partial charge on any atom is 0.138 e. The van der Waals surface area contributed by atoms with E-state index in [-0.39, 0.29) is 0 Å². The first-order valence-corrected chi connectivity index (χ1v) is 9.13. The highest BCUT2D eigenvalue weighted by molar-refractivity contribution is 8.01. The predicted molar refractivity (Wildman–Crippen MR) is 88.1 cm³/mol. The molecule has 0 bridgehead atoms. The highest BCUT2D eigenvalue weighted by atomic mass is 32.2. The predicted octanol–water partition coefficient (Wildman–Crippen LogP) is 3.28. The van der Waals surface area contributed by atoms with E-state index in [1.54, 1.807) is 12.4 Å². The second-order valence-corrected chi connectivity index (χ2v) is 8.37. The van der Waals surface area contributed by atoms with Crippen LogP contribution in [0.2, 0.25) is 0 Å². The normalized spacial score (nSPS) is 24.1. The van der Waals surface area contributed by atoms with E-state index in [4.69, 9.17) is 4.74 Å². The van der Waals surface area contributed by atoms with Gasteiger partial charge in [0.2, 0.25) is 0 Å². The van der Waals surface area contributed by atoms with Gasteiger partial charge in [-0.2, -0.15) is 0 Å². The van der Waals surface area contributed by atoms with Crippen LogP contribution in [0.15, 0.2) is 42.0 Å². The molecule has 1 spiro atoms. The minimum atomic E-state index is 0.336. The van der Waals surface area contributed by atoms with Crippen LogP contribution in [0, 0.1) is 0 Å². The maximum atomic E-state index is 6.05. The van der Waals surface area contributed by atoms with E-state index < -0.39 is 0 Å². The molecule has 0 unspecified atom stereocenters. The maximum absolute atomic E-state index is 6.05. The van der Waals surface area contributed by atoms with Gasteiger partial charge in [-0.05, 0) is 23.6 Å². The van der Waals surface area contributed by atoms with E-state index in [0.29, 0.717) is 10.9 Å². The van der Waals surface area contributed by atoms with Crippen LogP contribution in [0.25, 0.3) is 0 Å². The highest BCUT2D eigenvalue weighted by Gasteiger charge is 2.49. The SMILES string of the molecule is c1cncc(O[C@H]2CSC3(C2)CN(Cc2cccs2)C3)c1. The molecule has 21 heavy (non-hydrogen) atoms. The molecule has 110 valence electrons. The molecule has 0 radical (unpaired) electrons. The zero-order valence-corrected chi connectivity index (χ0v) is 13.4. The summed E-state index contributed by atoms with van der Waals surface area (Å²) in [6.45, 7) is 3.50. The molecule has 2 aromatic rings. The van der Waals surface area contributed by atoms with Crippen LogP contribution in [0.4, 0.5) is 0 Å². The number of pyridine rings is 1. The third-order valence-electron chi connectivity index (χ3n) is 4.10. The number of hydrogen-bond donors (Lipinski definition) is 0. The number of thiophene rings is 1. The Labute approximate surface area is 133 Å². The monoisotopic (exact) mass is 318 g/mol. The lowest BCUT2D eigenvalue weighted by Crippen LogP contribution is -2.58. The largest absolute Gasteiger partial charge is 0.488 e. The third-order valence-corrected chi connectivity index (χ3v) is 6.53. The zero-order valence-electron chi connectivity index (χ0n) is 11.8. The number of ether oxygens (including phenoxy) is 1. The number of rotatable bonds is 4. The van der Waals surface area contributed by atoms with Gasteiger partial charge in [0, 0.05) is 47.6 Å². The van der Waals surface area contributed by atoms with Crippen LogP contribution in [0.5, 0.6) is 5.75 Å². The molecule has 4 heterocycles. The number of hydrogen-bond acceptors (Lipinski definition) is 5. The Balaban J connectivity index is 1.29. The summed E-state index contributed by atoms with van der Waals surface area (Å²) >= 11 is 3.95. The fourth-order valence-electron chi connectivity index (χ4n) is 3.21. The van der Waals surface area contributed by atoms with Gasteiger partial charge in [-0.1, -0.05) is 6.07 Å². The molecule has 0 aliphatic carbocycles. The van der Waals surface area contributed by atoms with E-state index in [2.05, 4.69) is 39.2 Å². The van der Waals surface area contributed by atoms with Gasteiger partial charge in [-0.15, -0.1) is 23.1 Å². The Hall–Kier alpha value is -1.04. The summed E-state index contributed by atoms with van der Waals surface area (Å²) < 4.78 is 6.48. The molecule has 3 nitrogen and oxygen atoms in total. The molecule has 5 heteroatoms. The summed E-state index contributed by atoms with van der Waals surface area (Å²) in [4.78, 5) is 8.13. The average molecular weight is 318 g/mol. The summed E-state index contributed by atoms with van der Waals surface area (Å²) in [5, 5.41) is 2.16. The van der Waals surface area contributed by atoms with Crippen molar-refractivity contribution in [3.63, 3.8) is 0 Å². The minimum absolute atomic E-state index is 0.336. The van der Waals surface area contributed by atoms with Gasteiger partial charge in [0.25, 0.3) is 0 Å². The fourth-order valence-corrected chi connectivity index (χ4v) is 5.53. The molecule has 4 rings (SSSR count). The molecule has 2 aliphatic heterocycles. The van der Waals surface area contributed by atoms with E-state index in [1.165, 1.54) is 18.0 Å². The van der Waals surface area contributed by atoms with Crippen molar-refractivity contribution < 1.29 is 4.74 Å². The smallest absolute Gasteiger partial charge is 0.138 e. The van der Waals surface area contributed by atoms with Crippen molar-refractivity contribution in [1.29, 1.82) is 0 Å². The van der Waals surface area contributed by atoms with Gasteiger partial charge in [0.15, 0.2) is 0 Å². The van der Waals surface area contributed by atoms with Crippen molar-refractivity contribution in [2.45, 2.75) is 23.8 Å². The lowest BCUT2D eigenvalue weighted by Gasteiger charge is -2.47. The van der Waals surface area contributed by atoms with E-state index in [1.807, 2.05) is 23.5 Å². The molecule has 2 fully saturated rings. The van der Waals surface area contributed by atoms with Gasteiger partial charge in [0.1, 0.15) is 11.9 Å². The van der Waals surface area contributed by atoms with Gasteiger partial charge < -0.3 is 4.74 Å². The minimum Gasteiger partial charge on any atom is -0.488 e. The molecule has 2 aliphatic rings. The third kappa shape index (κ3) is 2.96. The van der Waals surface area contributed by atoms with Crippen molar-refractivity contribution in [3.05, 3.63) is 46.9 Å². The lowest BCUT2D eigenvalue weighted by atomic mass is 9.93. The Kier molecular flexibility index (Phi) is 3.65. The van der Waals surface area contributed by atoms with E-state index in [9.17, 15) is 0 Å². The van der Waals surface area contributed by atoms with Crippen LogP contribution in [0.1, 0.15) is 11.3 Å². The lowest BCUT2D eigenvalue weighted by molar-refractivity contribution is 0.0929. The first-order chi connectivity index (χ1) is 10.3. The summed E-state index contributed by atoms with van der Waals surface area (Å²) in [6.07, 6.45) is 5.09. The van der Waals surface area contributed by atoms with Crippen LogP contribution in [0.3, 0.4) is 0 Å². The molecule has 2 saturated heterocycles. The molecule has 0 saturated carbocycles. The van der Waals surface area contributed by atoms with Gasteiger partial charge in [-0.25, -0.2) is 0 Å². The van der Waals surface area contributed by atoms with Crippen molar-refractivity contribution in [3.8, 4) is 5.75 Å². The molecule has 0 amide bonds. The summed E-state index contributed by atoms with van der Waals surface area (Å²) in [7, 11) is 0. The second kappa shape index (κ2) is 5.63. The summed E-state index contributed by atoms with van der Waals surface area (Å²) in [5.41, 5.74) is 0. The summed E-state index contributed by atoms with van der Waals surface area (Å²) in [6, 6.07) is 8.29. The van der Waals surface area contributed by atoms with Crippen molar-refractivity contribution in [2.24, 2.45) is 0 Å². The Morgan fingerprint density at radius 2 is 2.29 bits per heavy atom. The quantitative estimate of drug-likeness (QED) is 0.864. The van der Waals surface area contributed by atoms with Crippen LogP contribution < -0.4 is 4.74 Å². The molecule has 0 aromatic carbocycles. The molecule has 0 N–H and O–H groups in total. The Bertz CT molecular complexity index is 582. The number of nitrogens with zero attached hydrogens (tertiary/aromatic N) is 2. The standard InChI is InChI=1S/C16H18N2OS2/c1-3-13(8-17-5-1)19-14-7-16(21-10-14)11-18(12-16)9-15-4-2-6-20-15/h1-6,8,14H,7,9-12H2/t14-/m1/s1. The van der Waals surface area contributed by atoms with Gasteiger partial charge in [0.05, 0.1) is 6.20 Å². The van der Waals surface area contributed by atoms with Crippen LogP contribution in [-0.2, 0) is 6.54 Å². The Morgan fingerprint density at radius 1 is 1.33 bits per heavy atom. The molecular formula is C16H18N2OS2. The highest BCUT2D eigenvalue weighted by Crippen LogP contribution is 2.46. The van der Waals surface area contributed by atoms with Crippen molar-refractivity contribution >= 4 is 23.1 Å². The van der Waals surface area contributed by atoms with Crippen LogP contribution >= 0.6 is 23.1 Å². The van der Waals surface area contributed by atoms with E-state index >= 15 is 0 Å². The topological polar surface area (TPSA) is 25.4 Å². The number of aromatic nitrogens is 1. The number of likely N-dealkylation sites (tertiary alicyclic amines) is 1. The van der Waals surface area contributed by atoms with Crippen molar-refractivity contribution in [1.82, 2.24) is 9.88 Å². The summed E-state index contributed by atoms with van der Waals surface area (Å²) in [5.74, 6) is 2.00. The van der Waals surface area contributed by atoms with Gasteiger partial charge >= 0.3 is 0 Å².